The second kappa shape index (κ2) is 8.68. The molecule has 21 heavy (non-hydrogen) atoms. The Morgan fingerprint density at radius 1 is 1.29 bits per heavy atom. The third kappa shape index (κ3) is 6.51. The summed E-state index contributed by atoms with van der Waals surface area (Å²) in [5.41, 5.74) is 0.657. The number of carbonyl (C=O) groups excluding carboxylic acids is 2. The van der Waals surface area contributed by atoms with E-state index in [9.17, 15) is 19.7 Å². The van der Waals surface area contributed by atoms with Gasteiger partial charge >= 0.3 is 5.97 Å². The van der Waals surface area contributed by atoms with E-state index in [1.54, 1.807) is 0 Å². The number of carbonyl (C=O) groups is 2. The van der Waals surface area contributed by atoms with Crippen LogP contribution in [0.4, 0.5) is 5.69 Å². The fourth-order valence-corrected chi connectivity index (χ4v) is 1.58. The van der Waals surface area contributed by atoms with Gasteiger partial charge < -0.3 is 10.1 Å². The van der Waals surface area contributed by atoms with Crippen LogP contribution in [-0.2, 0) is 20.7 Å². The SMILES string of the molecule is CCCOC(=O)CCNC(=O)Cc1ccc([N+](=O)[O-])cc1. The number of amides is 1. The van der Waals surface area contributed by atoms with Crippen LogP contribution in [0, 0.1) is 10.1 Å². The monoisotopic (exact) mass is 294 g/mol. The van der Waals surface area contributed by atoms with Crippen LogP contribution >= 0.6 is 0 Å². The van der Waals surface area contributed by atoms with Crippen LogP contribution in [0.3, 0.4) is 0 Å². The molecule has 114 valence electrons. The van der Waals surface area contributed by atoms with Crippen molar-refractivity contribution < 1.29 is 19.2 Å². The quantitative estimate of drug-likeness (QED) is 0.446. The van der Waals surface area contributed by atoms with Crippen molar-refractivity contribution in [3.8, 4) is 0 Å². The van der Waals surface area contributed by atoms with Crippen molar-refractivity contribution in [3.05, 3.63) is 39.9 Å². The van der Waals surface area contributed by atoms with E-state index in [0.29, 0.717) is 12.2 Å². The molecule has 0 bridgehead atoms. The smallest absolute Gasteiger partial charge is 0.307 e. The predicted molar refractivity (Wildman–Crippen MR) is 75.7 cm³/mol. The number of nitrogens with zero attached hydrogens (tertiary/aromatic N) is 1. The Morgan fingerprint density at radius 3 is 2.52 bits per heavy atom. The highest BCUT2D eigenvalue weighted by atomic mass is 16.6. The van der Waals surface area contributed by atoms with E-state index in [4.69, 9.17) is 4.74 Å². The molecule has 0 unspecified atom stereocenters. The van der Waals surface area contributed by atoms with Gasteiger partial charge in [-0.3, -0.25) is 19.7 Å². The summed E-state index contributed by atoms with van der Waals surface area (Å²) in [5, 5.41) is 13.1. The van der Waals surface area contributed by atoms with Gasteiger partial charge in [-0.05, 0) is 12.0 Å². The molecule has 0 aliphatic carbocycles. The van der Waals surface area contributed by atoms with Crippen LogP contribution in [0.2, 0.25) is 0 Å². The first-order valence-corrected chi connectivity index (χ1v) is 6.68. The predicted octanol–water partition coefficient (Wildman–Crippen LogP) is 1.60. The van der Waals surface area contributed by atoms with Gasteiger partial charge in [-0.2, -0.15) is 0 Å². The van der Waals surface area contributed by atoms with Crippen LogP contribution in [-0.4, -0.2) is 30.0 Å². The summed E-state index contributed by atoms with van der Waals surface area (Å²) in [6.07, 6.45) is 1.01. The van der Waals surface area contributed by atoms with Gasteiger partial charge in [0.2, 0.25) is 5.91 Å². The molecule has 0 aliphatic heterocycles. The van der Waals surface area contributed by atoms with Gasteiger partial charge in [0.05, 0.1) is 24.4 Å². The zero-order valence-corrected chi connectivity index (χ0v) is 11.8. The Hall–Kier alpha value is -2.44. The molecule has 0 heterocycles. The van der Waals surface area contributed by atoms with Crippen LogP contribution in [0.15, 0.2) is 24.3 Å². The zero-order valence-electron chi connectivity index (χ0n) is 11.8. The number of hydrogen-bond donors (Lipinski definition) is 1. The van der Waals surface area contributed by atoms with Crippen molar-refractivity contribution >= 4 is 17.6 Å². The van der Waals surface area contributed by atoms with Gasteiger partial charge in [0.15, 0.2) is 0 Å². The van der Waals surface area contributed by atoms with E-state index in [1.807, 2.05) is 6.92 Å². The Bertz CT molecular complexity index is 499. The molecule has 1 aromatic carbocycles. The molecule has 0 saturated heterocycles. The fourth-order valence-electron chi connectivity index (χ4n) is 1.58. The maximum absolute atomic E-state index is 11.6. The van der Waals surface area contributed by atoms with Gasteiger partial charge in [-0.25, -0.2) is 0 Å². The zero-order chi connectivity index (χ0) is 15.7. The first-order chi connectivity index (χ1) is 10.0. The second-order valence-corrected chi connectivity index (χ2v) is 4.42. The van der Waals surface area contributed by atoms with Crippen LogP contribution in [0.5, 0.6) is 0 Å². The van der Waals surface area contributed by atoms with Gasteiger partial charge in [0.25, 0.3) is 5.69 Å². The van der Waals surface area contributed by atoms with Crippen molar-refractivity contribution in [2.45, 2.75) is 26.2 Å². The summed E-state index contributed by atoms with van der Waals surface area (Å²) in [7, 11) is 0. The van der Waals surface area contributed by atoms with E-state index < -0.39 is 4.92 Å². The topological polar surface area (TPSA) is 98.5 Å². The molecule has 7 heteroatoms. The minimum atomic E-state index is -0.494. The van der Waals surface area contributed by atoms with Crippen LogP contribution in [0.1, 0.15) is 25.3 Å². The molecule has 1 rings (SSSR count). The number of hydrogen-bond acceptors (Lipinski definition) is 5. The molecule has 0 atom stereocenters. The number of nitro groups is 1. The van der Waals surface area contributed by atoms with Crippen molar-refractivity contribution in [1.82, 2.24) is 5.32 Å². The molecule has 0 spiro atoms. The standard InChI is InChI=1S/C14H18N2O5/c1-2-9-21-14(18)7-8-15-13(17)10-11-3-5-12(6-4-11)16(19)20/h3-6H,2,7-10H2,1H3,(H,15,17). The Morgan fingerprint density at radius 2 is 1.95 bits per heavy atom. The van der Waals surface area contributed by atoms with Crippen molar-refractivity contribution in [1.29, 1.82) is 0 Å². The van der Waals surface area contributed by atoms with Gasteiger partial charge in [0.1, 0.15) is 0 Å². The normalized spacial score (nSPS) is 9.95. The lowest BCUT2D eigenvalue weighted by molar-refractivity contribution is -0.384. The minimum Gasteiger partial charge on any atom is -0.466 e. The third-order valence-corrected chi connectivity index (χ3v) is 2.63. The summed E-state index contributed by atoms with van der Waals surface area (Å²) in [4.78, 5) is 32.8. The summed E-state index contributed by atoms with van der Waals surface area (Å²) in [6, 6.07) is 5.77. The maximum atomic E-state index is 11.6. The average Bonchev–Trinajstić information content (AvgIpc) is 2.45. The Labute approximate surface area is 122 Å². The number of benzene rings is 1. The molecule has 1 N–H and O–H groups in total. The summed E-state index contributed by atoms with van der Waals surface area (Å²) in [6.45, 7) is 2.50. The highest BCUT2D eigenvalue weighted by Gasteiger charge is 2.08. The van der Waals surface area contributed by atoms with Gasteiger partial charge in [-0.15, -0.1) is 0 Å². The van der Waals surface area contributed by atoms with Gasteiger partial charge in [0, 0.05) is 18.7 Å². The van der Waals surface area contributed by atoms with Crippen molar-refractivity contribution in [3.63, 3.8) is 0 Å². The van der Waals surface area contributed by atoms with E-state index in [0.717, 1.165) is 6.42 Å². The molecule has 0 aromatic heterocycles. The number of nitro benzene ring substituents is 1. The Kier molecular flexibility index (Phi) is 6.86. The molecule has 0 fully saturated rings. The van der Waals surface area contributed by atoms with E-state index in [-0.39, 0.29) is 37.0 Å². The van der Waals surface area contributed by atoms with Crippen molar-refractivity contribution in [2.75, 3.05) is 13.2 Å². The molecule has 0 aliphatic rings. The molecule has 7 nitrogen and oxygen atoms in total. The number of nitrogens with one attached hydrogen (secondary N) is 1. The largest absolute Gasteiger partial charge is 0.466 e. The molecule has 0 saturated carbocycles. The fraction of sp³-hybridized carbons (Fsp3) is 0.429. The molecular formula is C14H18N2O5. The summed E-state index contributed by atoms with van der Waals surface area (Å²) < 4.78 is 4.87. The number of rotatable bonds is 8. The van der Waals surface area contributed by atoms with Crippen molar-refractivity contribution in [2.24, 2.45) is 0 Å². The van der Waals surface area contributed by atoms with E-state index in [2.05, 4.69) is 5.32 Å². The molecular weight excluding hydrogens is 276 g/mol. The average molecular weight is 294 g/mol. The molecule has 1 aromatic rings. The van der Waals surface area contributed by atoms with Crippen LogP contribution in [0.25, 0.3) is 0 Å². The lowest BCUT2D eigenvalue weighted by atomic mass is 10.1. The number of non-ortho nitro benzene ring substituents is 1. The summed E-state index contributed by atoms with van der Waals surface area (Å²) >= 11 is 0. The first-order valence-electron chi connectivity index (χ1n) is 6.68. The van der Waals surface area contributed by atoms with Crippen LogP contribution < -0.4 is 5.32 Å². The lowest BCUT2D eigenvalue weighted by Gasteiger charge is -2.05. The maximum Gasteiger partial charge on any atom is 0.307 e. The third-order valence-electron chi connectivity index (χ3n) is 2.63. The molecule has 0 radical (unpaired) electrons. The second-order valence-electron chi connectivity index (χ2n) is 4.42. The first kappa shape index (κ1) is 16.6. The summed E-state index contributed by atoms with van der Waals surface area (Å²) in [5.74, 6) is -0.584. The lowest BCUT2D eigenvalue weighted by Crippen LogP contribution is -2.28. The number of esters is 1. The van der Waals surface area contributed by atoms with E-state index in [1.165, 1.54) is 24.3 Å². The molecule has 1 amide bonds. The minimum absolute atomic E-state index is 0.0159. The van der Waals surface area contributed by atoms with E-state index >= 15 is 0 Å². The highest BCUT2D eigenvalue weighted by Crippen LogP contribution is 2.12. The highest BCUT2D eigenvalue weighted by molar-refractivity contribution is 5.79. The number of ether oxygens (including phenoxy) is 1. The Balaban J connectivity index is 2.30. The van der Waals surface area contributed by atoms with Gasteiger partial charge in [-0.1, -0.05) is 19.1 Å².